The van der Waals surface area contributed by atoms with Crippen molar-refractivity contribution in [3.8, 4) is 6.07 Å². The van der Waals surface area contributed by atoms with Crippen LogP contribution in [0.2, 0.25) is 0 Å². The predicted molar refractivity (Wildman–Crippen MR) is 104 cm³/mol. The standard InChI is InChI=1S/C22H17N3O2/c1-15(2)22(26)27-13-12-25-19-10-6-4-8-16(19)21(18(14-23)24-3)17-9-5-7-11-20(17)25/h4-11H,1,12-13H2,2H3. The van der Waals surface area contributed by atoms with Gasteiger partial charge in [0.05, 0.1) is 19.2 Å². The molecule has 0 unspecified atom stereocenters. The minimum Gasteiger partial charge on any atom is -0.460 e. The van der Waals surface area contributed by atoms with Crippen LogP contribution < -0.4 is 4.90 Å². The summed E-state index contributed by atoms with van der Waals surface area (Å²) in [5.41, 5.74) is 4.42. The molecule has 1 aliphatic rings. The Hall–Kier alpha value is -3.83. The van der Waals surface area contributed by atoms with E-state index in [9.17, 15) is 10.1 Å². The summed E-state index contributed by atoms with van der Waals surface area (Å²) in [6.07, 6.45) is 0. The number of hydrogen-bond donors (Lipinski definition) is 0. The van der Waals surface area contributed by atoms with Crippen molar-refractivity contribution < 1.29 is 9.53 Å². The first-order valence-corrected chi connectivity index (χ1v) is 8.39. The molecule has 0 saturated carbocycles. The molecular weight excluding hydrogens is 338 g/mol. The second-order valence-electron chi connectivity index (χ2n) is 6.05. The Balaban J connectivity index is 2.08. The molecule has 0 fully saturated rings. The molecule has 1 aliphatic heterocycles. The van der Waals surface area contributed by atoms with Gasteiger partial charge >= 0.3 is 5.97 Å². The average Bonchev–Trinajstić information content (AvgIpc) is 2.69. The van der Waals surface area contributed by atoms with Crippen molar-refractivity contribution in [2.45, 2.75) is 6.92 Å². The summed E-state index contributed by atoms with van der Waals surface area (Å²) >= 11 is 0. The number of anilines is 2. The van der Waals surface area contributed by atoms with Crippen LogP contribution in [-0.2, 0) is 9.53 Å². The number of carbonyl (C=O) groups excluding carboxylic acids is 1. The maximum atomic E-state index is 11.7. The summed E-state index contributed by atoms with van der Waals surface area (Å²) in [5.74, 6) is -0.422. The van der Waals surface area contributed by atoms with Crippen LogP contribution in [0.3, 0.4) is 0 Å². The van der Waals surface area contributed by atoms with E-state index in [-0.39, 0.29) is 12.3 Å². The molecule has 27 heavy (non-hydrogen) atoms. The van der Waals surface area contributed by atoms with Crippen molar-refractivity contribution in [3.05, 3.63) is 88.9 Å². The van der Waals surface area contributed by atoms with Crippen molar-refractivity contribution in [3.63, 3.8) is 0 Å². The first-order chi connectivity index (χ1) is 13.1. The Bertz CT molecular complexity index is 973. The number of para-hydroxylation sites is 2. The maximum absolute atomic E-state index is 11.7. The molecule has 0 radical (unpaired) electrons. The highest BCUT2D eigenvalue weighted by Crippen LogP contribution is 2.46. The Morgan fingerprint density at radius 3 is 2.22 bits per heavy atom. The van der Waals surface area contributed by atoms with E-state index in [0.29, 0.717) is 17.7 Å². The van der Waals surface area contributed by atoms with Crippen molar-refractivity contribution >= 4 is 22.9 Å². The van der Waals surface area contributed by atoms with Crippen LogP contribution in [0.1, 0.15) is 18.1 Å². The Morgan fingerprint density at radius 1 is 1.19 bits per heavy atom. The summed E-state index contributed by atoms with van der Waals surface area (Å²) in [6, 6.07) is 17.3. The van der Waals surface area contributed by atoms with Crippen molar-refractivity contribution in [1.29, 1.82) is 5.26 Å². The average molecular weight is 355 g/mol. The monoisotopic (exact) mass is 355 g/mol. The smallest absolute Gasteiger partial charge is 0.333 e. The number of hydrogen-bond acceptors (Lipinski definition) is 4. The van der Waals surface area contributed by atoms with Crippen LogP contribution in [0.5, 0.6) is 0 Å². The molecule has 132 valence electrons. The highest BCUT2D eigenvalue weighted by atomic mass is 16.5. The lowest BCUT2D eigenvalue weighted by Gasteiger charge is -2.34. The number of esters is 1. The van der Waals surface area contributed by atoms with Gasteiger partial charge in [-0.1, -0.05) is 43.0 Å². The van der Waals surface area contributed by atoms with Gasteiger partial charge in [-0.2, -0.15) is 0 Å². The van der Waals surface area contributed by atoms with Gasteiger partial charge in [-0.25, -0.2) is 14.9 Å². The third-order valence-corrected chi connectivity index (χ3v) is 4.28. The molecule has 2 aromatic rings. The Labute approximate surface area is 158 Å². The SMILES string of the molecule is [C-]#[N+]C(C#N)=C1c2ccccc2N(CCOC(=O)C(=C)C)c2ccccc21. The summed E-state index contributed by atoms with van der Waals surface area (Å²) in [7, 11) is 0. The van der Waals surface area contributed by atoms with Gasteiger partial charge in [0.25, 0.3) is 5.70 Å². The molecular formula is C22H17N3O2. The number of ether oxygens (including phenoxy) is 1. The van der Waals surface area contributed by atoms with Crippen molar-refractivity contribution in [2.75, 3.05) is 18.1 Å². The predicted octanol–water partition coefficient (Wildman–Crippen LogP) is 4.46. The van der Waals surface area contributed by atoms with Crippen LogP contribution in [-0.4, -0.2) is 19.1 Å². The molecule has 1 heterocycles. The molecule has 0 aliphatic carbocycles. The third-order valence-electron chi connectivity index (χ3n) is 4.28. The first-order valence-electron chi connectivity index (χ1n) is 8.39. The maximum Gasteiger partial charge on any atom is 0.333 e. The highest BCUT2D eigenvalue weighted by Gasteiger charge is 2.28. The number of rotatable bonds is 4. The van der Waals surface area contributed by atoms with E-state index in [0.717, 1.165) is 22.5 Å². The molecule has 0 saturated heterocycles. The van der Waals surface area contributed by atoms with Gasteiger partial charge in [0, 0.05) is 22.5 Å². The molecule has 0 aromatic heterocycles. The summed E-state index contributed by atoms with van der Waals surface area (Å²) < 4.78 is 5.26. The second kappa shape index (κ2) is 7.59. The number of nitriles is 1. The molecule has 0 spiro atoms. The largest absolute Gasteiger partial charge is 0.460 e. The summed E-state index contributed by atoms with van der Waals surface area (Å²) in [6.45, 7) is 13.2. The molecule has 0 amide bonds. The fourth-order valence-electron chi connectivity index (χ4n) is 3.10. The zero-order chi connectivity index (χ0) is 19.4. The minimum atomic E-state index is -0.422. The molecule has 5 heteroatoms. The number of allylic oxidation sites excluding steroid dienone is 1. The summed E-state index contributed by atoms with van der Waals surface area (Å²) in [5, 5.41) is 9.45. The Kier molecular flexibility index (Phi) is 5.06. The van der Waals surface area contributed by atoms with E-state index in [2.05, 4.69) is 11.4 Å². The number of carbonyl (C=O) groups is 1. The number of nitrogens with zero attached hydrogens (tertiary/aromatic N) is 3. The molecule has 0 bridgehead atoms. The van der Waals surface area contributed by atoms with Gasteiger partial charge < -0.3 is 9.64 Å². The topological polar surface area (TPSA) is 57.7 Å². The lowest BCUT2D eigenvalue weighted by molar-refractivity contribution is -0.138. The minimum absolute atomic E-state index is 0.0586. The second-order valence-corrected chi connectivity index (χ2v) is 6.05. The van der Waals surface area contributed by atoms with E-state index in [1.807, 2.05) is 59.5 Å². The Morgan fingerprint density at radius 2 is 1.74 bits per heavy atom. The fourth-order valence-corrected chi connectivity index (χ4v) is 3.10. The van der Waals surface area contributed by atoms with E-state index in [4.69, 9.17) is 11.3 Å². The van der Waals surface area contributed by atoms with Crippen LogP contribution in [0.25, 0.3) is 10.4 Å². The van der Waals surface area contributed by atoms with Crippen LogP contribution in [0.15, 0.2) is 66.4 Å². The van der Waals surface area contributed by atoms with Gasteiger partial charge in [-0.05, 0) is 30.2 Å². The molecule has 0 atom stereocenters. The van der Waals surface area contributed by atoms with Crippen LogP contribution in [0, 0.1) is 17.9 Å². The lowest BCUT2D eigenvalue weighted by atomic mass is 9.89. The first kappa shape index (κ1) is 18.0. The molecule has 2 aromatic carbocycles. The quantitative estimate of drug-likeness (QED) is 0.352. The zero-order valence-corrected chi connectivity index (χ0v) is 14.9. The highest BCUT2D eigenvalue weighted by molar-refractivity contribution is 6.00. The van der Waals surface area contributed by atoms with Gasteiger partial charge in [0.2, 0.25) is 0 Å². The lowest BCUT2D eigenvalue weighted by Crippen LogP contribution is -2.28. The van der Waals surface area contributed by atoms with Crippen LogP contribution in [0.4, 0.5) is 11.4 Å². The summed E-state index contributed by atoms with van der Waals surface area (Å²) in [4.78, 5) is 17.1. The number of benzene rings is 2. The van der Waals surface area contributed by atoms with E-state index >= 15 is 0 Å². The molecule has 5 nitrogen and oxygen atoms in total. The van der Waals surface area contributed by atoms with Crippen molar-refractivity contribution in [1.82, 2.24) is 0 Å². The normalized spacial score (nSPS) is 11.5. The van der Waals surface area contributed by atoms with E-state index in [1.54, 1.807) is 6.92 Å². The van der Waals surface area contributed by atoms with Crippen molar-refractivity contribution in [2.24, 2.45) is 0 Å². The van der Waals surface area contributed by atoms with Gasteiger partial charge in [-0.15, -0.1) is 0 Å². The molecule has 0 N–H and O–H groups in total. The third kappa shape index (κ3) is 3.31. The zero-order valence-electron chi connectivity index (χ0n) is 14.9. The van der Waals surface area contributed by atoms with Gasteiger partial charge in [0.1, 0.15) is 6.61 Å². The van der Waals surface area contributed by atoms with E-state index in [1.165, 1.54) is 0 Å². The van der Waals surface area contributed by atoms with Crippen LogP contribution >= 0.6 is 0 Å². The van der Waals surface area contributed by atoms with Gasteiger partial charge in [0.15, 0.2) is 0 Å². The van der Waals surface area contributed by atoms with E-state index < -0.39 is 5.97 Å². The van der Waals surface area contributed by atoms with Gasteiger partial charge in [-0.3, -0.25) is 0 Å². The molecule has 3 rings (SSSR count). The fraction of sp³-hybridized carbons (Fsp3) is 0.136. The number of fused-ring (bicyclic) bond motifs is 2.